The second kappa shape index (κ2) is 5.92. The van der Waals surface area contributed by atoms with E-state index >= 15 is 0 Å². The number of carboxylic acid groups (broad SMARTS) is 1. The first-order valence-corrected chi connectivity index (χ1v) is 6.95. The number of carbonyl (C=O) groups is 1. The summed E-state index contributed by atoms with van der Waals surface area (Å²) in [6.07, 6.45) is 0. The monoisotopic (exact) mass is 296 g/mol. The Bertz CT molecular complexity index is 686. The van der Waals surface area contributed by atoms with Crippen LogP contribution in [0, 0.1) is 11.6 Å². The third kappa shape index (κ3) is 3.08. The lowest BCUT2D eigenvalue weighted by molar-refractivity contribution is 0.0693. The molecule has 20 heavy (non-hydrogen) atoms. The van der Waals surface area contributed by atoms with Gasteiger partial charge in [-0.25, -0.2) is 13.6 Å². The van der Waals surface area contributed by atoms with E-state index in [2.05, 4.69) is 0 Å². The van der Waals surface area contributed by atoms with Crippen molar-refractivity contribution in [2.24, 2.45) is 0 Å². The molecule has 1 unspecified atom stereocenters. The number of halogens is 2. The van der Waals surface area contributed by atoms with Crippen LogP contribution in [0.4, 0.5) is 8.78 Å². The summed E-state index contributed by atoms with van der Waals surface area (Å²) < 4.78 is 38.0. The normalized spacial score (nSPS) is 12.1. The first-order chi connectivity index (χ1) is 9.49. The molecule has 0 saturated heterocycles. The Hall–Kier alpha value is -2.08. The predicted molar refractivity (Wildman–Crippen MR) is 69.9 cm³/mol. The minimum Gasteiger partial charge on any atom is -0.478 e. The summed E-state index contributed by atoms with van der Waals surface area (Å²) in [5, 5.41) is 9.02. The van der Waals surface area contributed by atoms with E-state index < -0.39 is 28.4 Å². The van der Waals surface area contributed by atoms with Crippen LogP contribution in [-0.4, -0.2) is 15.3 Å². The molecule has 0 aliphatic rings. The fourth-order valence-electron chi connectivity index (χ4n) is 1.70. The molecule has 0 spiro atoms. The maximum absolute atomic E-state index is 13.1. The number of benzene rings is 2. The smallest absolute Gasteiger partial charge is 0.336 e. The van der Waals surface area contributed by atoms with Crippen molar-refractivity contribution in [2.75, 3.05) is 0 Å². The van der Waals surface area contributed by atoms with Crippen molar-refractivity contribution in [1.82, 2.24) is 0 Å². The Morgan fingerprint density at radius 1 is 1.10 bits per heavy atom. The highest BCUT2D eigenvalue weighted by Gasteiger charge is 2.15. The Kier molecular flexibility index (Phi) is 4.24. The fraction of sp³-hybridized carbons (Fsp3) is 0.0714. The molecule has 6 heteroatoms. The average molecular weight is 296 g/mol. The topological polar surface area (TPSA) is 54.4 Å². The van der Waals surface area contributed by atoms with E-state index in [9.17, 15) is 17.8 Å². The molecular weight excluding hydrogens is 286 g/mol. The molecule has 0 amide bonds. The van der Waals surface area contributed by atoms with E-state index in [1.165, 1.54) is 24.3 Å². The molecular formula is C14H10F2O3S. The zero-order chi connectivity index (χ0) is 14.7. The maximum Gasteiger partial charge on any atom is 0.336 e. The third-order valence-electron chi connectivity index (χ3n) is 2.64. The predicted octanol–water partition coefficient (Wildman–Crippen LogP) is 2.97. The summed E-state index contributed by atoms with van der Waals surface area (Å²) in [6, 6.07) is 9.12. The molecule has 0 saturated carbocycles. The van der Waals surface area contributed by atoms with Crippen molar-refractivity contribution < 1.29 is 22.9 Å². The standard InChI is InChI=1S/C14H10F2O3S/c15-11-6-5-9(7-12(11)16)8-20(19)13-4-2-1-3-10(13)14(17)18/h1-7H,8H2,(H,17,18). The van der Waals surface area contributed by atoms with Gasteiger partial charge in [0, 0.05) is 0 Å². The van der Waals surface area contributed by atoms with Gasteiger partial charge in [0.15, 0.2) is 11.6 Å². The van der Waals surface area contributed by atoms with Crippen LogP contribution < -0.4 is 0 Å². The number of carboxylic acids is 1. The summed E-state index contributed by atoms with van der Waals surface area (Å²) in [5.41, 5.74) is 0.274. The van der Waals surface area contributed by atoms with Gasteiger partial charge in [0.25, 0.3) is 0 Å². The van der Waals surface area contributed by atoms with Gasteiger partial charge in [0.2, 0.25) is 0 Å². The largest absolute Gasteiger partial charge is 0.478 e. The molecule has 1 atom stereocenters. The molecule has 3 nitrogen and oxygen atoms in total. The number of aromatic carboxylic acids is 1. The summed E-state index contributed by atoms with van der Waals surface area (Å²) in [4.78, 5) is 11.2. The Morgan fingerprint density at radius 2 is 1.80 bits per heavy atom. The molecule has 2 aromatic carbocycles. The second-order valence-electron chi connectivity index (χ2n) is 4.04. The van der Waals surface area contributed by atoms with Gasteiger partial charge in [-0.3, -0.25) is 4.21 Å². The van der Waals surface area contributed by atoms with E-state index in [1.54, 1.807) is 6.07 Å². The van der Waals surface area contributed by atoms with Gasteiger partial charge < -0.3 is 5.11 Å². The molecule has 0 fully saturated rings. The van der Waals surface area contributed by atoms with Crippen molar-refractivity contribution in [3.8, 4) is 0 Å². The van der Waals surface area contributed by atoms with Gasteiger partial charge in [0.1, 0.15) is 0 Å². The van der Waals surface area contributed by atoms with Gasteiger partial charge in [-0.2, -0.15) is 0 Å². The minimum absolute atomic E-state index is 0.0617. The van der Waals surface area contributed by atoms with E-state index in [0.29, 0.717) is 5.56 Å². The van der Waals surface area contributed by atoms with Crippen molar-refractivity contribution in [3.63, 3.8) is 0 Å². The number of hydrogen-bond donors (Lipinski definition) is 1. The van der Waals surface area contributed by atoms with Crippen molar-refractivity contribution in [3.05, 3.63) is 65.2 Å². The lowest BCUT2D eigenvalue weighted by atomic mass is 10.2. The minimum atomic E-state index is -1.65. The van der Waals surface area contributed by atoms with Crippen LogP contribution in [0.3, 0.4) is 0 Å². The maximum atomic E-state index is 13.1. The molecule has 0 aliphatic carbocycles. The molecule has 2 aromatic rings. The number of hydrogen-bond acceptors (Lipinski definition) is 2. The van der Waals surface area contributed by atoms with Crippen LogP contribution in [0.1, 0.15) is 15.9 Å². The molecule has 0 aliphatic heterocycles. The molecule has 1 N–H and O–H groups in total. The first-order valence-electron chi connectivity index (χ1n) is 5.63. The van der Waals surface area contributed by atoms with E-state index in [-0.39, 0.29) is 16.2 Å². The summed E-state index contributed by atoms with van der Waals surface area (Å²) in [5.74, 6) is -3.27. The van der Waals surface area contributed by atoms with Crippen molar-refractivity contribution in [2.45, 2.75) is 10.6 Å². The van der Waals surface area contributed by atoms with E-state index in [4.69, 9.17) is 5.11 Å². The molecule has 0 heterocycles. The van der Waals surface area contributed by atoms with Crippen LogP contribution in [0.5, 0.6) is 0 Å². The van der Waals surface area contributed by atoms with Crippen LogP contribution >= 0.6 is 0 Å². The van der Waals surface area contributed by atoms with Gasteiger partial charge in [0.05, 0.1) is 27.0 Å². The van der Waals surface area contributed by atoms with E-state index in [1.807, 2.05) is 0 Å². The van der Waals surface area contributed by atoms with Gasteiger partial charge >= 0.3 is 5.97 Å². The zero-order valence-corrected chi connectivity index (χ0v) is 11.0. The SMILES string of the molecule is O=C(O)c1ccccc1S(=O)Cc1ccc(F)c(F)c1. The number of rotatable bonds is 4. The van der Waals surface area contributed by atoms with Crippen LogP contribution in [0.15, 0.2) is 47.4 Å². The summed E-state index contributed by atoms with van der Waals surface area (Å²) in [6.45, 7) is 0. The Labute approximate surface area is 116 Å². The summed E-state index contributed by atoms with van der Waals surface area (Å²) in [7, 11) is -1.65. The van der Waals surface area contributed by atoms with Crippen LogP contribution in [0.2, 0.25) is 0 Å². The lowest BCUT2D eigenvalue weighted by Gasteiger charge is -2.06. The van der Waals surface area contributed by atoms with Crippen LogP contribution in [-0.2, 0) is 16.6 Å². The highest BCUT2D eigenvalue weighted by Crippen LogP contribution is 2.18. The zero-order valence-electron chi connectivity index (χ0n) is 10.2. The quantitative estimate of drug-likeness (QED) is 0.943. The lowest BCUT2D eigenvalue weighted by Crippen LogP contribution is -2.06. The summed E-state index contributed by atoms with van der Waals surface area (Å²) >= 11 is 0. The van der Waals surface area contributed by atoms with Crippen molar-refractivity contribution >= 4 is 16.8 Å². The van der Waals surface area contributed by atoms with Gasteiger partial charge in [-0.05, 0) is 29.8 Å². The highest BCUT2D eigenvalue weighted by molar-refractivity contribution is 7.84. The van der Waals surface area contributed by atoms with Gasteiger partial charge in [-0.1, -0.05) is 18.2 Å². The Morgan fingerprint density at radius 3 is 2.45 bits per heavy atom. The van der Waals surface area contributed by atoms with Crippen LogP contribution in [0.25, 0.3) is 0 Å². The molecule has 0 aromatic heterocycles. The van der Waals surface area contributed by atoms with Crippen molar-refractivity contribution in [1.29, 1.82) is 0 Å². The highest BCUT2D eigenvalue weighted by atomic mass is 32.2. The van der Waals surface area contributed by atoms with Gasteiger partial charge in [-0.15, -0.1) is 0 Å². The van der Waals surface area contributed by atoms with E-state index in [0.717, 1.165) is 12.1 Å². The average Bonchev–Trinajstić information content (AvgIpc) is 2.43. The molecule has 104 valence electrons. The second-order valence-corrected chi connectivity index (χ2v) is 5.46. The first kappa shape index (κ1) is 14.3. The Balaban J connectivity index is 2.28. The molecule has 2 rings (SSSR count). The molecule has 0 bridgehead atoms. The third-order valence-corrected chi connectivity index (χ3v) is 4.09. The molecule has 0 radical (unpaired) electrons. The fourth-order valence-corrected chi connectivity index (χ4v) is 2.97.